The van der Waals surface area contributed by atoms with Gasteiger partial charge in [0.2, 0.25) is 0 Å². The number of ketones is 1. The lowest BCUT2D eigenvalue weighted by atomic mass is 10.1. The highest BCUT2D eigenvalue weighted by Crippen LogP contribution is 2.33. The summed E-state index contributed by atoms with van der Waals surface area (Å²) in [6.07, 6.45) is -3.42. The minimum Gasteiger partial charge on any atom is -0.454 e. The molecular weight excluding hydrogens is 316 g/mol. The molecule has 0 radical (unpaired) electrons. The van der Waals surface area contributed by atoms with E-state index in [0.29, 0.717) is 5.56 Å². The van der Waals surface area contributed by atoms with Crippen molar-refractivity contribution in [2.45, 2.75) is 43.5 Å². The van der Waals surface area contributed by atoms with Gasteiger partial charge in [-0.25, -0.2) is 0 Å². The Kier molecular flexibility index (Phi) is 5.25. The van der Waals surface area contributed by atoms with Gasteiger partial charge in [-0.2, -0.15) is 0 Å². The molecular formula is C17H20O7. The summed E-state index contributed by atoms with van der Waals surface area (Å²) >= 11 is 0. The Morgan fingerprint density at radius 2 is 1.96 bits per heavy atom. The molecule has 0 amide bonds. The Bertz CT molecular complexity index is 588. The minimum absolute atomic E-state index is 0.0411. The molecule has 7 nitrogen and oxygen atoms in total. The van der Waals surface area contributed by atoms with Crippen molar-refractivity contribution in [3.05, 3.63) is 35.9 Å². The fourth-order valence-electron chi connectivity index (χ4n) is 2.96. The lowest BCUT2D eigenvalue weighted by molar-refractivity contribution is -0.189. The van der Waals surface area contributed by atoms with Crippen molar-refractivity contribution in [1.29, 1.82) is 0 Å². The molecule has 0 bridgehead atoms. The molecule has 1 aromatic rings. The van der Waals surface area contributed by atoms with Crippen molar-refractivity contribution in [1.82, 2.24) is 0 Å². The Labute approximate surface area is 139 Å². The first kappa shape index (κ1) is 17.0. The van der Waals surface area contributed by atoms with Crippen LogP contribution < -0.4 is 0 Å². The van der Waals surface area contributed by atoms with Crippen LogP contribution in [-0.4, -0.2) is 61.3 Å². The monoisotopic (exact) mass is 336 g/mol. The predicted octanol–water partition coefficient (Wildman–Crippen LogP) is 0.692. The number of benzene rings is 1. The molecule has 0 unspecified atom stereocenters. The molecule has 1 aromatic carbocycles. The Hall–Kier alpha value is -1.80. The number of fused-ring (bicyclic) bond motifs is 1. The summed E-state index contributed by atoms with van der Waals surface area (Å²) in [5.74, 6) is -0.649. The lowest BCUT2D eigenvalue weighted by Gasteiger charge is -2.21. The van der Waals surface area contributed by atoms with Crippen molar-refractivity contribution in [2.24, 2.45) is 0 Å². The van der Waals surface area contributed by atoms with E-state index in [2.05, 4.69) is 0 Å². The van der Waals surface area contributed by atoms with Crippen molar-refractivity contribution < 1.29 is 33.6 Å². The third kappa shape index (κ3) is 3.49. The van der Waals surface area contributed by atoms with Crippen molar-refractivity contribution in [3.8, 4) is 0 Å². The highest BCUT2D eigenvalue weighted by molar-refractivity contribution is 5.97. The maximum atomic E-state index is 12.1. The summed E-state index contributed by atoms with van der Waals surface area (Å²) in [4.78, 5) is 24.1. The number of hydrogen-bond acceptors (Lipinski definition) is 7. The van der Waals surface area contributed by atoms with E-state index in [4.69, 9.17) is 18.9 Å². The van der Waals surface area contributed by atoms with Crippen LogP contribution in [0.2, 0.25) is 0 Å². The highest BCUT2D eigenvalue weighted by atomic mass is 16.7. The van der Waals surface area contributed by atoms with E-state index >= 15 is 0 Å². The molecule has 24 heavy (non-hydrogen) atoms. The quantitative estimate of drug-likeness (QED) is 0.604. The third-order valence-corrected chi connectivity index (χ3v) is 4.20. The minimum atomic E-state index is -0.788. The molecule has 2 heterocycles. The van der Waals surface area contributed by atoms with Gasteiger partial charge in [-0.3, -0.25) is 9.59 Å². The molecule has 0 spiro atoms. The molecule has 2 fully saturated rings. The van der Waals surface area contributed by atoms with Gasteiger partial charge in [0, 0.05) is 19.1 Å². The number of esters is 1. The Morgan fingerprint density at radius 3 is 2.67 bits per heavy atom. The van der Waals surface area contributed by atoms with Crippen molar-refractivity contribution in [3.63, 3.8) is 0 Å². The smallest absolute Gasteiger partial charge is 0.306 e. The average molecular weight is 336 g/mol. The number of carbonyl (C=O) groups excluding carboxylic acids is 2. The molecule has 0 aromatic heterocycles. The molecule has 5 atom stereocenters. The first-order valence-corrected chi connectivity index (χ1v) is 7.86. The molecule has 2 saturated heterocycles. The Balaban J connectivity index is 1.53. The van der Waals surface area contributed by atoms with Gasteiger partial charge in [-0.15, -0.1) is 0 Å². The summed E-state index contributed by atoms with van der Waals surface area (Å²) in [6, 6.07) is 8.78. The van der Waals surface area contributed by atoms with Crippen LogP contribution in [-0.2, 0) is 23.7 Å². The molecule has 7 heteroatoms. The lowest BCUT2D eigenvalue weighted by Crippen LogP contribution is -2.37. The zero-order chi connectivity index (χ0) is 17.1. The van der Waals surface area contributed by atoms with Gasteiger partial charge in [-0.1, -0.05) is 30.3 Å². The summed E-state index contributed by atoms with van der Waals surface area (Å²) < 4.78 is 21.5. The van der Waals surface area contributed by atoms with Gasteiger partial charge in [-0.05, 0) is 0 Å². The standard InChI is InChI=1S/C17H20O7/c1-21-17-16(15-14(24-17)12(19)9-22-15)23-13(20)8-7-11(18)10-5-3-2-4-6-10/h2-6,12,14-17,19H,7-9H2,1H3/t12-,14-,15+,16-,17+/m1/s1. The van der Waals surface area contributed by atoms with Crippen molar-refractivity contribution in [2.75, 3.05) is 13.7 Å². The van der Waals surface area contributed by atoms with Gasteiger partial charge >= 0.3 is 5.97 Å². The summed E-state index contributed by atoms with van der Waals surface area (Å²) in [6.45, 7) is 0.131. The van der Waals surface area contributed by atoms with E-state index in [-0.39, 0.29) is 25.2 Å². The first-order chi connectivity index (χ1) is 11.6. The maximum Gasteiger partial charge on any atom is 0.306 e. The normalized spacial score (nSPS) is 31.7. The number of Topliss-reactive ketones (excluding diaryl/α,β-unsaturated/α-hetero) is 1. The summed E-state index contributed by atoms with van der Waals surface area (Å²) in [5.41, 5.74) is 0.562. The number of aliphatic hydroxyl groups is 1. The van der Waals surface area contributed by atoms with E-state index < -0.39 is 36.7 Å². The van der Waals surface area contributed by atoms with Gasteiger partial charge in [0.15, 0.2) is 18.2 Å². The average Bonchev–Trinajstić information content (AvgIpc) is 3.13. The maximum absolute atomic E-state index is 12.1. The SMILES string of the molecule is CO[C@H]1O[C@H]2[C@H](OC[C@H]2O)[C@H]1OC(=O)CCC(=O)c1ccccc1. The number of hydrogen-bond donors (Lipinski definition) is 1. The highest BCUT2D eigenvalue weighted by Gasteiger charge is 2.54. The van der Waals surface area contributed by atoms with E-state index in [0.717, 1.165) is 0 Å². The number of ether oxygens (including phenoxy) is 4. The largest absolute Gasteiger partial charge is 0.454 e. The first-order valence-electron chi connectivity index (χ1n) is 7.86. The summed E-state index contributed by atoms with van der Waals surface area (Å²) in [7, 11) is 1.43. The van der Waals surface area contributed by atoms with Gasteiger partial charge in [0.1, 0.15) is 18.3 Å². The molecule has 0 saturated carbocycles. The number of carbonyl (C=O) groups is 2. The zero-order valence-electron chi connectivity index (χ0n) is 13.3. The van der Waals surface area contributed by atoms with Crippen LogP contribution in [0.15, 0.2) is 30.3 Å². The van der Waals surface area contributed by atoms with Crippen LogP contribution in [0.5, 0.6) is 0 Å². The van der Waals surface area contributed by atoms with Gasteiger partial charge in [0.05, 0.1) is 13.0 Å². The fraction of sp³-hybridized carbons (Fsp3) is 0.529. The van der Waals surface area contributed by atoms with Crippen LogP contribution in [0.4, 0.5) is 0 Å². The second kappa shape index (κ2) is 7.40. The van der Waals surface area contributed by atoms with Crippen molar-refractivity contribution >= 4 is 11.8 Å². The second-order valence-electron chi connectivity index (χ2n) is 5.81. The molecule has 2 aliphatic heterocycles. The third-order valence-electron chi connectivity index (χ3n) is 4.20. The predicted molar refractivity (Wildman–Crippen MR) is 81.3 cm³/mol. The van der Waals surface area contributed by atoms with Crippen LogP contribution >= 0.6 is 0 Å². The fourth-order valence-corrected chi connectivity index (χ4v) is 2.96. The number of aliphatic hydroxyl groups excluding tert-OH is 1. The van der Waals surface area contributed by atoms with Gasteiger partial charge in [0.25, 0.3) is 0 Å². The van der Waals surface area contributed by atoms with Crippen LogP contribution in [0.25, 0.3) is 0 Å². The van der Waals surface area contributed by atoms with E-state index in [9.17, 15) is 14.7 Å². The number of rotatable bonds is 6. The Morgan fingerprint density at radius 1 is 1.21 bits per heavy atom. The molecule has 0 aliphatic carbocycles. The molecule has 1 N–H and O–H groups in total. The summed E-state index contributed by atoms with van der Waals surface area (Å²) in [5, 5.41) is 9.78. The van der Waals surface area contributed by atoms with Crippen LogP contribution in [0, 0.1) is 0 Å². The van der Waals surface area contributed by atoms with E-state index in [1.54, 1.807) is 24.3 Å². The number of methoxy groups -OCH3 is 1. The zero-order valence-corrected chi connectivity index (χ0v) is 13.3. The molecule has 3 rings (SSSR count). The topological polar surface area (TPSA) is 91.3 Å². The second-order valence-corrected chi connectivity index (χ2v) is 5.81. The van der Waals surface area contributed by atoms with Crippen LogP contribution in [0.3, 0.4) is 0 Å². The van der Waals surface area contributed by atoms with Crippen LogP contribution in [0.1, 0.15) is 23.2 Å². The molecule has 2 aliphatic rings. The van der Waals surface area contributed by atoms with E-state index in [1.807, 2.05) is 6.07 Å². The molecule has 130 valence electrons. The van der Waals surface area contributed by atoms with Gasteiger partial charge < -0.3 is 24.1 Å². The van der Waals surface area contributed by atoms with E-state index in [1.165, 1.54) is 7.11 Å².